The highest BCUT2D eigenvalue weighted by atomic mass is 16.4. The largest absolute Gasteiger partial charge is 0.478 e. The fourth-order valence-electron chi connectivity index (χ4n) is 11.7. The van der Waals surface area contributed by atoms with Gasteiger partial charge in [-0.1, -0.05) is 80.4 Å². The first-order chi connectivity index (χ1) is 22.9. The molecule has 3 nitrogen and oxygen atoms in total. The first kappa shape index (κ1) is 44.9. The van der Waals surface area contributed by atoms with E-state index in [0.717, 1.165) is 29.6 Å². The van der Waals surface area contributed by atoms with Crippen molar-refractivity contribution in [2.45, 2.75) is 144 Å². The van der Waals surface area contributed by atoms with Gasteiger partial charge in [-0.2, -0.15) is 0 Å². The molecule has 3 N–H and O–H groups in total. The van der Waals surface area contributed by atoms with Crippen LogP contribution in [0.1, 0.15) is 154 Å². The van der Waals surface area contributed by atoms with Gasteiger partial charge in [-0.25, -0.2) is 4.79 Å². The predicted molar refractivity (Wildman–Crippen MR) is 208 cm³/mol. The second-order valence-electron chi connectivity index (χ2n) is 15.3. The van der Waals surface area contributed by atoms with Gasteiger partial charge in [0.2, 0.25) is 0 Å². The molecule has 1 aromatic carbocycles. The Balaban J connectivity index is 0.00000152. The Morgan fingerprint density at radius 2 is 1.23 bits per heavy atom. The lowest BCUT2D eigenvalue weighted by molar-refractivity contribution is -0.194. The summed E-state index contributed by atoms with van der Waals surface area (Å²) >= 11 is 0. The first-order valence-corrected chi connectivity index (χ1v) is 18.4. The summed E-state index contributed by atoms with van der Waals surface area (Å²) in [5.41, 5.74) is 10.0. The van der Waals surface area contributed by atoms with Crippen LogP contribution in [-0.2, 0) is 0 Å². The van der Waals surface area contributed by atoms with Crippen molar-refractivity contribution in [1.29, 1.82) is 0 Å². The number of hydrogen-bond donors (Lipinski definition) is 2. The van der Waals surface area contributed by atoms with Crippen LogP contribution in [0, 0.1) is 97.2 Å². The lowest BCUT2D eigenvalue weighted by Crippen LogP contribution is -2.63. The molecule has 0 aromatic heterocycles. The molecule has 5 aliphatic carbocycles. The van der Waals surface area contributed by atoms with Gasteiger partial charge in [0.1, 0.15) is 0 Å². The monoisotopic (exact) mass is 656 g/mol. The van der Waals surface area contributed by atoms with Gasteiger partial charge in [-0.05, 0) is 134 Å². The molecule has 0 saturated heterocycles. The van der Waals surface area contributed by atoms with Gasteiger partial charge in [-0.15, -0.1) is 51.4 Å². The van der Waals surface area contributed by atoms with Crippen LogP contribution in [0.2, 0.25) is 0 Å². The molecule has 0 bridgehead atoms. The lowest BCUT2D eigenvalue weighted by atomic mass is 9.36. The number of carbonyl (C=O) groups is 1. The number of nitrogens with two attached hydrogens (primary N) is 1. The molecule has 48 heavy (non-hydrogen) atoms. The number of aromatic carboxylic acids is 1. The quantitative estimate of drug-likeness (QED) is 0.312. The summed E-state index contributed by atoms with van der Waals surface area (Å²) in [5, 5.41) is 9.35. The molecule has 0 radical (unpaired) electrons. The highest BCUT2D eigenvalue weighted by Crippen LogP contribution is 2.73. The third-order valence-corrected chi connectivity index (χ3v) is 13.2. The van der Waals surface area contributed by atoms with Crippen molar-refractivity contribution in [2.75, 3.05) is 0 Å². The number of carboxylic acids is 1. The highest BCUT2D eigenvalue weighted by Gasteiger charge is 2.65. The minimum atomic E-state index is -0.832. The predicted octanol–water partition coefficient (Wildman–Crippen LogP) is 11.1. The fraction of sp³-hybridized carbons (Fsp3) is 0.667. The SMILES string of the molecule is C#C.C#C.C#C.C#C.CC.CC1(C)C2CC[C@@]3(C)C4CC[C@@]5(N)CCCC5[C@H]4CCC3[C@@]2(C)CC[C@@H]1c1ccc(C(=O)O)cc1.CCC. The summed E-state index contributed by atoms with van der Waals surface area (Å²) in [4.78, 5) is 11.4. The van der Waals surface area contributed by atoms with Crippen molar-refractivity contribution in [3.63, 3.8) is 0 Å². The maximum Gasteiger partial charge on any atom is 0.335 e. The fourth-order valence-corrected chi connectivity index (χ4v) is 11.7. The van der Waals surface area contributed by atoms with Gasteiger partial charge in [0.25, 0.3) is 0 Å². The maximum absolute atomic E-state index is 11.4. The topological polar surface area (TPSA) is 63.3 Å². The summed E-state index contributed by atoms with van der Waals surface area (Å²) in [6.07, 6.45) is 48.0. The van der Waals surface area contributed by atoms with Crippen LogP contribution in [0.3, 0.4) is 0 Å². The second-order valence-corrected chi connectivity index (χ2v) is 15.3. The van der Waals surface area contributed by atoms with Crippen molar-refractivity contribution in [3.8, 4) is 51.4 Å². The molecular formula is C45H69NO2. The number of terminal acetylenes is 4. The average molecular weight is 656 g/mol. The second kappa shape index (κ2) is 19.8. The third kappa shape index (κ3) is 8.36. The van der Waals surface area contributed by atoms with E-state index in [1.165, 1.54) is 82.6 Å². The van der Waals surface area contributed by atoms with Gasteiger partial charge in [0.05, 0.1) is 5.56 Å². The Bertz CT molecular complexity index is 1160. The van der Waals surface area contributed by atoms with E-state index < -0.39 is 5.97 Å². The summed E-state index contributed by atoms with van der Waals surface area (Å²) in [6.45, 7) is 18.7. The van der Waals surface area contributed by atoms with Gasteiger partial charge in [0.15, 0.2) is 0 Å². The number of benzene rings is 1. The molecule has 266 valence electrons. The van der Waals surface area contributed by atoms with E-state index in [-0.39, 0.29) is 11.0 Å². The van der Waals surface area contributed by atoms with Crippen molar-refractivity contribution in [3.05, 3.63) is 35.4 Å². The van der Waals surface area contributed by atoms with E-state index in [2.05, 4.69) is 105 Å². The summed E-state index contributed by atoms with van der Waals surface area (Å²) in [5.74, 6) is 3.77. The van der Waals surface area contributed by atoms with E-state index in [4.69, 9.17) is 5.73 Å². The Morgan fingerprint density at radius 1 is 0.708 bits per heavy atom. The molecule has 3 heteroatoms. The van der Waals surface area contributed by atoms with E-state index in [1.54, 1.807) is 0 Å². The zero-order chi connectivity index (χ0) is 37.5. The zero-order valence-electron chi connectivity index (χ0n) is 31.8. The van der Waals surface area contributed by atoms with Crippen molar-refractivity contribution in [2.24, 2.45) is 51.6 Å². The van der Waals surface area contributed by atoms with Crippen LogP contribution < -0.4 is 5.73 Å². The third-order valence-electron chi connectivity index (χ3n) is 13.2. The first-order valence-electron chi connectivity index (χ1n) is 18.4. The van der Waals surface area contributed by atoms with Crippen LogP contribution >= 0.6 is 0 Å². The molecule has 5 fully saturated rings. The number of hydrogen-bond acceptors (Lipinski definition) is 2. The summed E-state index contributed by atoms with van der Waals surface area (Å²) in [6, 6.07) is 7.81. The molecule has 0 amide bonds. The Hall–Kier alpha value is -3.11. The Labute approximate surface area is 297 Å². The van der Waals surface area contributed by atoms with E-state index in [1.807, 2.05) is 26.0 Å². The van der Waals surface area contributed by atoms with Crippen molar-refractivity contribution < 1.29 is 9.90 Å². The number of fused-ring (bicyclic) bond motifs is 7. The van der Waals surface area contributed by atoms with Gasteiger partial charge < -0.3 is 10.8 Å². The molecule has 4 unspecified atom stereocenters. The van der Waals surface area contributed by atoms with Crippen LogP contribution in [0.25, 0.3) is 0 Å². The minimum absolute atomic E-state index is 0.154. The van der Waals surface area contributed by atoms with Gasteiger partial charge in [-0.3, -0.25) is 0 Å². The standard InChI is InChI=1S/C32H47NO2.C3H8.C2H6.4C2H2/c1-29(2)23(20-7-9-21(10-8-20)28(34)35)13-17-31(4)26(29)15-18-30(3)24-14-19-32(33)16-5-6-25(32)22(24)11-12-27(30)31;1-3-2;5*1-2/h7-10,22-27H,5-6,11-19,33H2,1-4H3,(H,34,35);3H2,1-2H3;1-2H3;4*1-2H/t22-,23+,24?,25?,26?,27?,30-,31-,32-;;;;;;/m0....../s1. The number of rotatable bonds is 2. The Morgan fingerprint density at radius 3 is 1.75 bits per heavy atom. The summed E-state index contributed by atoms with van der Waals surface area (Å²) in [7, 11) is 0. The smallest absolute Gasteiger partial charge is 0.335 e. The molecular weight excluding hydrogens is 587 g/mol. The van der Waals surface area contributed by atoms with Gasteiger partial charge >= 0.3 is 5.97 Å². The van der Waals surface area contributed by atoms with Crippen LogP contribution in [0.15, 0.2) is 24.3 Å². The van der Waals surface area contributed by atoms with Crippen LogP contribution in [-0.4, -0.2) is 16.6 Å². The number of carboxylic acid groups (broad SMARTS) is 1. The van der Waals surface area contributed by atoms with Crippen molar-refractivity contribution >= 4 is 5.97 Å². The van der Waals surface area contributed by atoms with E-state index >= 15 is 0 Å². The van der Waals surface area contributed by atoms with E-state index in [0.29, 0.717) is 22.3 Å². The van der Waals surface area contributed by atoms with E-state index in [9.17, 15) is 9.90 Å². The normalized spacial score (nSPS) is 35.9. The van der Waals surface area contributed by atoms with Gasteiger partial charge in [0, 0.05) is 5.54 Å². The molecule has 0 spiro atoms. The average Bonchev–Trinajstić information content (AvgIpc) is 3.51. The van der Waals surface area contributed by atoms with Crippen LogP contribution in [0.5, 0.6) is 0 Å². The highest BCUT2D eigenvalue weighted by molar-refractivity contribution is 5.87. The van der Waals surface area contributed by atoms with Crippen molar-refractivity contribution in [1.82, 2.24) is 0 Å². The molecule has 9 atom stereocenters. The molecule has 1 aromatic rings. The lowest BCUT2D eigenvalue weighted by Gasteiger charge is -2.69. The molecule has 5 aliphatic rings. The zero-order valence-corrected chi connectivity index (χ0v) is 31.8. The molecule has 0 aliphatic heterocycles. The molecule has 6 rings (SSSR count). The Kier molecular flexibility index (Phi) is 18.5. The molecule has 5 saturated carbocycles. The maximum atomic E-state index is 11.4. The minimum Gasteiger partial charge on any atom is -0.478 e. The van der Waals surface area contributed by atoms with Crippen LogP contribution in [0.4, 0.5) is 0 Å². The summed E-state index contributed by atoms with van der Waals surface area (Å²) < 4.78 is 0. The molecule has 0 heterocycles.